The fraction of sp³-hybridized carbons (Fsp3) is 0.381. The lowest BCUT2D eigenvalue weighted by molar-refractivity contribution is 0.232. The summed E-state index contributed by atoms with van der Waals surface area (Å²) in [5.41, 5.74) is 0.951. The number of hydrogen-bond donors (Lipinski definition) is 0. The number of halogens is 2. The summed E-state index contributed by atoms with van der Waals surface area (Å²) in [6, 6.07) is 10.4. The number of piperidine rings is 1. The molecule has 2 aromatic carbocycles. The SMILES string of the molecule is Cn1nnnc1-c1ccccc1S(=O)(=O)C1CCN(CCc2ccc(F)cc2F)CC1. The first kappa shape index (κ1) is 21.5. The molecule has 164 valence electrons. The molecule has 0 bridgehead atoms. The maximum atomic E-state index is 13.8. The monoisotopic (exact) mass is 447 g/mol. The van der Waals surface area contributed by atoms with E-state index in [-0.39, 0.29) is 4.90 Å². The van der Waals surface area contributed by atoms with E-state index in [4.69, 9.17) is 0 Å². The van der Waals surface area contributed by atoms with Crippen LogP contribution in [0.15, 0.2) is 47.4 Å². The molecule has 3 aromatic rings. The molecule has 31 heavy (non-hydrogen) atoms. The van der Waals surface area contributed by atoms with Gasteiger partial charge in [0.05, 0.1) is 10.1 Å². The number of aromatic nitrogens is 4. The quantitative estimate of drug-likeness (QED) is 0.578. The maximum Gasteiger partial charge on any atom is 0.183 e. The Hall–Kier alpha value is -2.72. The Labute approximate surface area is 179 Å². The molecule has 0 unspecified atom stereocenters. The van der Waals surface area contributed by atoms with E-state index in [9.17, 15) is 17.2 Å². The average Bonchev–Trinajstić information content (AvgIpc) is 3.19. The van der Waals surface area contributed by atoms with Gasteiger partial charge in [-0.05, 0) is 66.5 Å². The summed E-state index contributed by atoms with van der Waals surface area (Å²) in [6.45, 7) is 1.79. The minimum Gasteiger partial charge on any atom is -0.303 e. The van der Waals surface area contributed by atoms with Crippen molar-refractivity contribution in [2.45, 2.75) is 29.4 Å². The van der Waals surface area contributed by atoms with Crippen LogP contribution in [-0.4, -0.2) is 58.4 Å². The first-order chi connectivity index (χ1) is 14.9. The fourth-order valence-electron chi connectivity index (χ4n) is 3.98. The van der Waals surface area contributed by atoms with E-state index in [0.29, 0.717) is 55.8 Å². The first-order valence-electron chi connectivity index (χ1n) is 10.1. The van der Waals surface area contributed by atoms with Crippen molar-refractivity contribution in [3.05, 3.63) is 59.7 Å². The molecule has 1 aliphatic rings. The van der Waals surface area contributed by atoms with Crippen molar-refractivity contribution in [3.63, 3.8) is 0 Å². The van der Waals surface area contributed by atoms with E-state index in [1.54, 1.807) is 31.3 Å². The summed E-state index contributed by atoms with van der Waals surface area (Å²) in [4.78, 5) is 2.35. The highest BCUT2D eigenvalue weighted by atomic mass is 32.2. The van der Waals surface area contributed by atoms with E-state index < -0.39 is 26.7 Å². The zero-order valence-corrected chi connectivity index (χ0v) is 17.9. The van der Waals surface area contributed by atoms with Gasteiger partial charge in [-0.1, -0.05) is 18.2 Å². The number of rotatable bonds is 6. The predicted octanol–water partition coefficient (Wildman–Crippen LogP) is 2.64. The van der Waals surface area contributed by atoms with Crippen LogP contribution in [0.4, 0.5) is 8.78 Å². The van der Waals surface area contributed by atoms with Crippen LogP contribution in [0.3, 0.4) is 0 Å². The Bertz CT molecular complexity index is 1170. The van der Waals surface area contributed by atoms with Gasteiger partial charge in [-0.15, -0.1) is 5.10 Å². The highest BCUT2D eigenvalue weighted by Gasteiger charge is 2.33. The summed E-state index contributed by atoms with van der Waals surface area (Å²) in [5.74, 6) is -0.741. The molecule has 1 aromatic heterocycles. The molecule has 0 aliphatic carbocycles. The molecule has 0 spiro atoms. The lowest BCUT2D eigenvalue weighted by atomic mass is 10.1. The van der Waals surface area contributed by atoms with E-state index >= 15 is 0 Å². The van der Waals surface area contributed by atoms with Gasteiger partial charge in [-0.3, -0.25) is 0 Å². The predicted molar refractivity (Wildman–Crippen MR) is 111 cm³/mol. The summed E-state index contributed by atoms with van der Waals surface area (Å²) >= 11 is 0. The van der Waals surface area contributed by atoms with E-state index in [0.717, 1.165) is 6.07 Å². The number of sulfone groups is 1. The van der Waals surface area contributed by atoms with Crippen molar-refractivity contribution < 1.29 is 17.2 Å². The number of aryl methyl sites for hydroxylation is 1. The zero-order chi connectivity index (χ0) is 22.0. The van der Waals surface area contributed by atoms with Gasteiger partial charge in [-0.25, -0.2) is 21.9 Å². The van der Waals surface area contributed by atoms with Crippen LogP contribution in [0.25, 0.3) is 11.4 Å². The van der Waals surface area contributed by atoms with E-state index in [2.05, 4.69) is 20.4 Å². The minimum atomic E-state index is -3.57. The Morgan fingerprint density at radius 1 is 1.10 bits per heavy atom. The van der Waals surface area contributed by atoms with Gasteiger partial charge in [0.1, 0.15) is 11.6 Å². The second-order valence-electron chi connectivity index (χ2n) is 7.69. The topological polar surface area (TPSA) is 81.0 Å². The van der Waals surface area contributed by atoms with E-state index in [1.807, 2.05) is 0 Å². The van der Waals surface area contributed by atoms with Crippen LogP contribution in [-0.2, 0) is 23.3 Å². The number of likely N-dealkylation sites (tertiary alicyclic amines) is 1. The normalized spacial score (nSPS) is 16.0. The van der Waals surface area contributed by atoms with Crippen LogP contribution in [0, 0.1) is 11.6 Å². The molecule has 1 fully saturated rings. The van der Waals surface area contributed by atoms with Crippen molar-refractivity contribution >= 4 is 9.84 Å². The molecule has 7 nitrogen and oxygen atoms in total. The molecule has 0 amide bonds. The first-order valence-corrected chi connectivity index (χ1v) is 11.6. The maximum absolute atomic E-state index is 13.8. The van der Waals surface area contributed by atoms with Crippen LogP contribution < -0.4 is 0 Å². The van der Waals surface area contributed by atoms with E-state index in [1.165, 1.54) is 16.8 Å². The molecule has 0 atom stereocenters. The molecule has 0 radical (unpaired) electrons. The minimum absolute atomic E-state index is 0.236. The summed E-state index contributed by atoms with van der Waals surface area (Å²) < 4.78 is 55.1. The third kappa shape index (κ3) is 4.49. The van der Waals surface area contributed by atoms with Gasteiger partial charge in [0.2, 0.25) is 0 Å². The Morgan fingerprint density at radius 3 is 2.52 bits per heavy atom. The zero-order valence-electron chi connectivity index (χ0n) is 17.1. The van der Waals surface area contributed by atoms with Crippen LogP contribution >= 0.6 is 0 Å². The summed E-state index contributed by atoms with van der Waals surface area (Å²) in [6.07, 6.45) is 1.42. The Morgan fingerprint density at radius 2 is 1.84 bits per heavy atom. The van der Waals surface area contributed by atoms with Crippen molar-refractivity contribution in [2.75, 3.05) is 19.6 Å². The van der Waals surface area contributed by atoms with Crippen molar-refractivity contribution in [3.8, 4) is 11.4 Å². The smallest absolute Gasteiger partial charge is 0.183 e. The number of nitrogens with zero attached hydrogens (tertiary/aromatic N) is 5. The average molecular weight is 448 g/mol. The van der Waals surface area contributed by atoms with Crippen LogP contribution in [0.2, 0.25) is 0 Å². The molecule has 0 N–H and O–H groups in total. The van der Waals surface area contributed by atoms with Gasteiger partial charge in [0.25, 0.3) is 0 Å². The molecule has 10 heteroatoms. The molecule has 2 heterocycles. The third-order valence-corrected chi connectivity index (χ3v) is 8.06. The summed E-state index contributed by atoms with van der Waals surface area (Å²) in [7, 11) is -1.91. The van der Waals surface area contributed by atoms with Gasteiger partial charge in [0, 0.05) is 25.2 Å². The lowest BCUT2D eigenvalue weighted by Gasteiger charge is -2.32. The van der Waals surface area contributed by atoms with Crippen LogP contribution in [0.1, 0.15) is 18.4 Å². The molecule has 1 saturated heterocycles. The second-order valence-corrected chi connectivity index (χ2v) is 9.89. The van der Waals surface area contributed by atoms with Gasteiger partial charge in [0.15, 0.2) is 15.7 Å². The van der Waals surface area contributed by atoms with Crippen molar-refractivity contribution in [2.24, 2.45) is 7.05 Å². The van der Waals surface area contributed by atoms with Crippen LogP contribution in [0.5, 0.6) is 0 Å². The van der Waals surface area contributed by atoms with Gasteiger partial charge < -0.3 is 4.90 Å². The highest BCUT2D eigenvalue weighted by Crippen LogP contribution is 2.31. The van der Waals surface area contributed by atoms with Gasteiger partial charge >= 0.3 is 0 Å². The Balaban J connectivity index is 1.44. The molecule has 0 saturated carbocycles. The van der Waals surface area contributed by atoms with Crippen molar-refractivity contribution in [1.29, 1.82) is 0 Å². The third-order valence-electron chi connectivity index (χ3n) is 5.74. The van der Waals surface area contributed by atoms with Crippen molar-refractivity contribution in [1.82, 2.24) is 25.1 Å². The highest BCUT2D eigenvalue weighted by molar-refractivity contribution is 7.92. The lowest BCUT2D eigenvalue weighted by Crippen LogP contribution is -2.40. The number of benzene rings is 2. The number of tetrazole rings is 1. The number of hydrogen-bond acceptors (Lipinski definition) is 6. The standard InChI is InChI=1S/C21H23F2N5O2S/c1-27-21(24-25-26-27)18-4-2-3-5-20(18)31(29,30)17-9-12-28(13-10-17)11-8-15-6-7-16(22)14-19(15)23/h2-7,14,17H,8-13H2,1H3. The Kier molecular flexibility index (Phi) is 6.10. The molecule has 1 aliphatic heterocycles. The largest absolute Gasteiger partial charge is 0.303 e. The molecular weight excluding hydrogens is 424 g/mol. The molecule has 4 rings (SSSR count). The fourth-order valence-corrected chi connectivity index (χ4v) is 5.91. The van der Waals surface area contributed by atoms with Gasteiger partial charge in [-0.2, -0.15) is 0 Å². The summed E-state index contributed by atoms with van der Waals surface area (Å²) in [5, 5.41) is 10.9. The second kappa shape index (κ2) is 8.80. The molecular formula is C21H23F2N5O2S.